The standard InChI is InChI=1S/C17H28N2O2/c1-17(2,3)14-7-4-8-15(13-14)19-16(21)9-5-10-18-11-6-12-20/h4,7-8,13,18,20H,5-6,9-12H2,1-3H3,(H,19,21). The van der Waals surface area contributed by atoms with Crippen LogP contribution in [0.3, 0.4) is 0 Å². The molecule has 1 aromatic rings. The van der Waals surface area contributed by atoms with Crippen LogP contribution in [0.1, 0.15) is 45.6 Å². The number of hydrogen-bond donors (Lipinski definition) is 3. The third kappa shape index (κ3) is 7.25. The molecular weight excluding hydrogens is 264 g/mol. The number of aliphatic hydroxyl groups is 1. The first-order valence-electron chi connectivity index (χ1n) is 7.65. The molecule has 1 aromatic carbocycles. The number of anilines is 1. The van der Waals surface area contributed by atoms with Gasteiger partial charge in [-0.25, -0.2) is 0 Å². The van der Waals surface area contributed by atoms with Crippen molar-refractivity contribution in [1.29, 1.82) is 0 Å². The van der Waals surface area contributed by atoms with Gasteiger partial charge in [-0.05, 0) is 49.0 Å². The second-order valence-electron chi connectivity index (χ2n) is 6.31. The quantitative estimate of drug-likeness (QED) is 0.646. The van der Waals surface area contributed by atoms with Gasteiger partial charge in [0.15, 0.2) is 0 Å². The maximum Gasteiger partial charge on any atom is 0.224 e. The number of rotatable bonds is 8. The number of hydrogen-bond acceptors (Lipinski definition) is 3. The maximum atomic E-state index is 11.9. The van der Waals surface area contributed by atoms with E-state index in [1.54, 1.807) is 0 Å². The molecule has 0 aliphatic heterocycles. The van der Waals surface area contributed by atoms with Crippen LogP contribution < -0.4 is 10.6 Å². The second kappa shape index (κ2) is 8.80. The Hall–Kier alpha value is -1.39. The van der Waals surface area contributed by atoms with Crippen molar-refractivity contribution in [2.24, 2.45) is 0 Å². The van der Waals surface area contributed by atoms with Gasteiger partial charge >= 0.3 is 0 Å². The molecule has 1 amide bonds. The summed E-state index contributed by atoms with van der Waals surface area (Å²) in [6.07, 6.45) is 2.06. The minimum Gasteiger partial charge on any atom is -0.396 e. The molecular formula is C17H28N2O2. The van der Waals surface area contributed by atoms with Gasteiger partial charge in [-0.3, -0.25) is 4.79 Å². The number of benzene rings is 1. The van der Waals surface area contributed by atoms with Crippen molar-refractivity contribution in [2.75, 3.05) is 25.0 Å². The van der Waals surface area contributed by atoms with E-state index in [0.29, 0.717) is 6.42 Å². The van der Waals surface area contributed by atoms with Crippen LogP contribution in [0, 0.1) is 0 Å². The van der Waals surface area contributed by atoms with E-state index >= 15 is 0 Å². The first-order chi connectivity index (χ1) is 9.93. The fraction of sp³-hybridized carbons (Fsp3) is 0.588. The molecule has 4 nitrogen and oxygen atoms in total. The van der Waals surface area contributed by atoms with Gasteiger partial charge in [-0.2, -0.15) is 0 Å². The highest BCUT2D eigenvalue weighted by Gasteiger charge is 2.14. The molecule has 0 heterocycles. The Bertz CT molecular complexity index is 439. The zero-order valence-corrected chi connectivity index (χ0v) is 13.4. The van der Waals surface area contributed by atoms with Crippen LogP contribution in [0.2, 0.25) is 0 Å². The SMILES string of the molecule is CC(C)(C)c1cccc(NC(=O)CCCNCCCO)c1. The van der Waals surface area contributed by atoms with Crippen molar-refractivity contribution >= 4 is 11.6 Å². The lowest BCUT2D eigenvalue weighted by Crippen LogP contribution is -2.20. The summed E-state index contributed by atoms with van der Waals surface area (Å²) in [5, 5.41) is 14.8. The van der Waals surface area contributed by atoms with Crippen LogP contribution in [0.5, 0.6) is 0 Å². The number of aliphatic hydroxyl groups excluding tert-OH is 1. The Balaban J connectivity index is 2.35. The van der Waals surface area contributed by atoms with E-state index in [2.05, 4.69) is 37.5 Å². The first-order valence-corrected chi connectivity index (χ1v) is 7.65. The third-order valence-corrected chi connectivity index (χ3v) is 3.28. The number of nitrogens with one attached hydrogen (secondary N) is 2. The van der Waals surface area contributed by atoms with Gasteiger partial charge in [0, 0.05) is 18.7 Å². The molecule has 118 valence electrons. The fourth-order valence-electron chi connectivity index (χ4n) is 1.99. The highest BCUT2D eigenvalue weighted by Crippen LogP contribution is 2.24. The minimum atomic E-state index is 0.0463. The third-order valence-electron chi connectivity index (χ3n) is 3.28. The van der Waals surface area contributed by atoms with Crippen LogP contribution in [0.4, 0.5) is 5.69 Å². The van der Waals surface area contributed by atoms with E-state index in [1.165, 1.54) is 5.56 Å². The lowest BCUT2D eigenvalue weighted by atomic mass is 9.87. The zero-order valence-electron chi connectivity index (χ0n) is 13.4. The monoisotopic (exact) mass is 292 g/mol. The van der Waals surface area contributed by atoms with Crippen molar-refractivity contribution < 1.29 is 9.90 Å². The smallest absolute Gasteiger partial charge is 0.224 e. The van der Waals surface area contributed by atoms with Crippen molar-refractivity contribution in [1.82, 2.24) is 5.32 Å². The lowest BCUT2D eigenvalue weighted by molar-refractivity contribution is -0.116. The normalized spacial score (nSPS) is 11.4. The summed E-state index contributed by atoms with van der Waals surface area (Å²) in [5.41, 5.74) is 2.16. The molecule has 0 unspecified atom stereocenters. The van der Waals surface area contributed by atoms with Gasteiger partial charge in [-0.15, -0.1) is 0 Å². The van der Waals surface area contributed by atoms with Crippen molar-refractivity contribution in [3.63, 3.8) is 0 Å². The Morgan fingerprint density at radius 1 is 1.19 bits per heavy atom. The molecule has 0 atom stereocenters. The average Bonchev–Trinajstić information content (AvgIpc) is 2.42. The van der Waals surface area contributed by atoms with E-state index in [4.69, 9.17) is 5.11 Å². The van der Waals surface area contributed by atoms with Crippen molar-refractivity contribution in [2.45, 2.75) is 45.4 Å². The van der Waals surface area contributed by atoms with Gasteiger partial charge in [0.05, 0.1) is 0 Å². The number of carbonyl (C=O) groups is 1. The predicted molar refractivity (Wildman–Crippen MR) is 87.6 cm³/mol. The van der Waals surface area contributed by atoms with Crippen LogP contribution in [-0.2, 0) is 10.2 Å². The Kier molecular flexibility index (Phi) is 7.40. The van der Waals surface area contributed by atoms with Gasteiger partial charge in [0.25, 0.3) is 0 Å². The average molecular weight is 292 g/mol. The molecule has 1 rings (SSSR count). The van der Waals surface area contributed by atoms with Gasteiger partial charge in [0.2, 0.25) is 5.91 Å². The fourth-order valence-corrected chi connectivity index (χ4v) is 1.99. The minimum absolute atomic E-state index is 0.0463. The molecule has 4 heteroatoms. The van der Waals surface area contributed by atoms with Crippen LogP contribution >= 0.6 is 0 Å². The van der Waals surface area contributed by atoms with E-state index in [9.17, 15) is 4.79 Å². The van der Waals surface area contributed by atoms with Crippen LogP contribution in [0.15, 0.2) is 24.3 Å². The zero-order chi connectivity index (χ0) is 15.7. The molecule has 21 heavy (non-hydrogen) atoms. The van der Waals surface area contributed by atoms with Gasteiger partial charge in [0.1, 0.15) is 0 Å². The van der Waals surface area contributed by atoms with Crippen molar-refractivity contribution in [3.8, 4) is 0 Å². The summed E-state index contributed by atoms with van der Waals surface area (Å²) in [5.74, 6) is 0.0463. The lowest BCUT2D eigenvalue weighted by Gasteiger charge is -2.19. The Morgan fingerprint density at radius 2 is 1.90 bits per heavy atom. The molecule has 0 fully saturated rings. The number of amides is 1. The van der Waals surface area contributed by atoms with Crippen LogP contribution in [-0.4, -0.2) is 30.7 Å². The molecule has 0 saturated carbocycles. The summed E-state index contributed by atoms with van der Waals surface area (Å²) in [4.78, 5) is 11.9. The molecule has 0 saturated heterocycles. The summed E-state index contributed by atoms with van der Waals surface area (Å²) < 4.78 is 0. The first kappa shape index (κ1) is 17.7. The highest BCUT2D eigenvalue weighted by atomic mass is 16.3. The topological polar surface area (TPSA) is 61.4 Å². The Labute approximate surface area is 128 Å². The van der Waals surface area contributed by atoms with E-state index in [1.807, 2.05) is 18.2 Å². The summed E-state index contributed by atoms with van der Waals surface area (Å²) in [7, 11) is 0. The molecule has 0 aliphatic rings. The largest absolute Gasteiger partial charge is 0.396 e. The molecule has 0 aromatic heterocycles. The van der Waals surface area contributed by atoms with E-state index in [0.717, 1.165) is 31.6 Å². The van der Waals surface area contributed by atoms with Gasteiger partial charge < -0.3 is 15.7 Å². The predicted octanol–water partition coefficient (Wildman–Crippen LogP) is 2.67. The van der Waals surface area contributed by atoms with E-state index < -0.39 is 0 Å². The molecule has 3 N–H and O–H groups in total. The maximum absolute atomic E-state index is 11.9. The molecule has 0 bridgehead atoms. The molecule has 0 spiro atoms. The summed E-state index contributed by atoms with van der Waals surface area (Å²) in [6.45, 7) is 8.28. The molecule has 0 radical (unpaired) electrons. The number of carbonyl (C=O) groups excluding carboxylic acids is 1. The highest BCUT2D eigenvalue weighted by molar-refractivity contribution is 5.90. The second-order valence-corrected chi connectivity index (χ2v) is 6.31. The van der Waals surface area contributed by atoms with Crippen LogP contribution in [0.25, 0.3) is 0 Å². The summed E-state index contributed by atoms with van der Waals surface area (Å²) >= 11 is 0. The van der Waals surface area contributed by atoms with E-state index in [-0.39, 0.29) is 17.9 Å². The Morgan fingerprint density at radius 3 is 2.57 bits per heavy atom. The van der Waals surface area contributed by atoms with Gasteiger partial charge in [-0.1, -0.05) is 32.9 Å². The molecule has 0 aliphatic carbocycles. The summed E-state index contributed by atoms with van der Waals surface area (Å²) in [6, 6.07) is 8.03. The van der Waals surface area contributed by atoms with Crippen molar-refractivity contribution in [3.05, 3.63) is 29.8 Å².